The van der Waals surface area contributed by atoms with Gasteiger partial charge in [0, 0.05) is 18.5 Å². The highest BCUT2D eigenvalue weighted by Crippen LogP contribution is 2.55. The van der Waals surface area contributed by atoms with Gasteiger partial charge < -0.3 is 33.9 Å². The fourth-order valence-corrected chi connectivity index (χ4v) is 5.99. The van der Waals surface area contributed by atoms with Crippen molar-refractivity contribution in [3.8, 4) is 11.5 Å². The number of alkyl carbamates (subject to hydrolysis) is 1. The summed E-state index contributed by atoms with van der Waals surface area (Å²) < 4.78 is 28.7. The minimum Gasteiger partial charge on any atom is -0.493 e. The number of carbonyl (C=O) groups excluding carboxylic acids is 3. The van der Waals surface area contributed by atoms with Gasteiger partial charge in [-0.15, -0.1) is 0 Å². The highest BCUT2D eigenvalue weighted by Gasteiger charge is 2.53. The highest BCUT2D eigenvalue weighted by molar-refractivity contribution is 5.86. The minimum atomic E-state index is -1.30. The number of rotatable bonds is 8. The number of carbonyl (C=O) groups is 3. The van der Waals surface area contributed by atoms with E-state index in [0.717, 1.165) is 36.4 Å². The maximum Gasteiger partial charge on any atom is 0.408 e. The van der Waals surface area contributed by atoms with Crippen molar-refractivity contribution in [1.29, 1.82) is 0 Å². The second-order valence-corrected chi connectivity index (χ2v) is 12.4. The zero-order chi connectivity index (χ0) is 30.8. The fourth-order valence-electron chi connectivity index (χ4n) is 5.99. The zero-order valence-corrected chi connectivity index (χ0v) is 25.4. The molecule has 10 nitrogen and oxygen atoms in total. The van der Waals surface area contributed by atoms with Gasteiger partial charge in [0.15, 0.2) is 11.5 Å². The lowest BCUT2D eigenvalue weighted by Crippen LogP contribution is -2.48. The molecule has 1 spiro atoms. The summed E-state index contributed by atoms with van der Waals surface area (Å²) in [6.07, 6.45) is 3.08. The molecule has 0 unspecified atom stereocenters. The summed E-state index contributed by atoms with van der Waals surface area (Å²) in [6, 6.07) is 11.9. The molecule has 4 atom stereocenters. The van der Waals surface area contributed by atoms with Crippen LogP contribution >= 0.6 is 0 Å². The quantitative estimate of drug-likeness (QED) is 0.270. The molecule has 3 aliphatic rings. The van der Waals surface area contributed by atoms with Gasteiger partial charge in [-0.3, -0.25) is 4.79 Å². The minimum absolute atomic E-state index is 0.0432. The van der Waals surface area contributed by atoms with Crippen LogP contribution in [0.25, 0.3) is 0 Å². The first kappa shape index (κ1) is 30.4. The summed E-state index contributed by atoms with van der Waals surface area (Å²) in [4.78, 5) is 41.1. The molecule has 0 saturated carbocycles. The van der Waals surface area contributed by atoms with E-state index in [4.69, 9.17) is 23.7 Å². The number of benzene rings is 2. The van der Waals surface area contributed by atoms with Crippen LogP contribution < -0.4 is 14.8 Å². The molecule has 0 aromatic heterocycles. The fraction of sp³-hybridized carbons (Fsp3) is 0.485. The molecule has 0 bridgehead atoms. The van der Waals surface area contributed by atoms with Crippen molar-refractivity contribution in [3.05, 3.63) is 71.3 Å². The number of esters is 2. The summed E-state index contributed by atoms with van der Waals surface area (Å²) in [5.74, 6) is -0.00324. The van der Waals surface area contributed by atoms with Crippen molar-refractivity contribution >= 4 is 18.0 Å². The van der Waals surface area contributed by atoms with Crippen LogP contribution in [0.1, 0.15) is 56.7 Å². The van der Waals surface area contributed by atoms with Gasteiger partial charge in [-0.2, -0.15) is 0 Å². The van der Waals surface area contributed by atoms with Gasteiger partial charge in [-0.25, -0.2) is 9.59 Å². The first-order chi connectivity index (χ1) is 20.5. The molecule has 1 aliphatic carbocycles. The number of hydrogen-bond donors (Lipinski definition) is 1. The molecule has 0 saturated heterocycles. The maximum absolute atomic E-state index is 13.4. The van der Waals surface area contributed by atoms with Crippen LogP contribution in [0.2, 0.25) is 0 Å². The molecule has 230 valence electrons. The first-order valence-corrected chi connectivity index (χ1v) is 14.6. The maximum atomic E-state index is 13.4. The van der Waals surface area contributed by atoms with Gasteiger partial charge in [-0.1, -0.05) is 42.5 Å². The van der Waals surface area contributed by atoms with E-state index >= 15 is 0 Å². The van der Waals surface area contributed by atoms with Crippen molar-refractivity contribution in [2.24, 2.45) is 0 Å². The van der Waals surface area contributed by atoms with Gasteiger partial charge in [-0.05, 0) is 64.1 Å². The number of nitrogens with one attached hydrogen (secondary N) is 1. The Morgan fingerprint density at radius 1 is 1.14 bits per heavy atom. The van der Waals surface area contributed by atoms with E-state index in [-0.39, 0.29) is 18.1 Å². The zero-order valence-electron chi connectivity index (χ0n) is 25.4. The Hall–Kier alpha value is -4.05. The second-order valence-electron chi connectivity index (χ2n) is 12.4. The van der Waals surface area contributed by atoms with Crippen molar-refractivity contribution in [2.45, 2.75) is 82.5 Å². The molecule has 0 radical (unpaired) electrons. The predicted molar refractivity (Wildman–Crippen MR) is 158 cm³/mol. The van der Waals surface area contributed by atoms with Crippen LogP contribution in [0, 0.1) is 0 Å². The largest absolute Gasteiger partial charge is 0.493 e. The molecule has 1 N–H and O–H groups in total. The Kier molecular flexibility index (Phi) is 8.69. The monoisotopic (exact) mass is 592 g/mol. The van der Waals surface area contributed by atoms with E-state index in [1.165, 1.54) is 5.56 Å². The number of methoxy groups -OCH3 is 1. The van der Waals surface area contributed by atoms with E-state index in [2.05, 4.69) is 29.4 Å². The molecule has 5 rings (SSSR count). The average Bonchev–Trinajstić information content (AvgIpc) is 3.21. The standard InChI is InChI=1S/C33H40N2O8/c1-32(2,3)43-31(38)34-24(18-27(36)40-20-21-9-7-6-8-10-21)30(37)41-23-13-14-33-15-16-35(4)19-22-11-12-25(39-5)29(28(22)33)42-26(33)17-23/h6-14,23-24,26H,15-20H2,1-5H3,(H,34,38)/t23-,24+,26+,33+/m1/s1. The van der Waals surface area contributed by atoms with Gasteiger partial charge in [0.25, 0.3) is 0 Å². The van der Waals surface area contributed by atoms with Crippen LogP contribution in [0.3, 0.4) is 0 Å². The summed E-state index contributed by atoms with van der Waals surface area (Å²) in [5.41, 5.74) is 1.96. The number of nitrogens with zero attached hydrogens (tertiary/aromatic N) is 1. The summed E-state index contributed by atoms with van der Waals surface area (Å²) in [7, 11) is 3.73. The van der Waals surface area contributed by atoms with Crippen LogP contribution in [-0.2, 0) is 42.4 Å². The number of hydrogen-bond acceptors (Lipinski definition) is 9. The third-order valence-corrected chi connectivity index (χ3v) is 7.99. The lowest BCUT2D eigenvalue weighted by Gasteiger charge is -2.37. The van der Waals surface area contributed by atoms with E-state index in [1.807, 2.05) is 42.5 Å². The van der Waals surface area contributed by atoms with Crippen LogP contribution in [-0.4, -0.2) is 67.5 Å². The lowest BCUT2D eigenvalue weighted by atomic mass is 9.69. The normalized spacial score (nSPS) is 23.1. The van der Waals surface area contributed by atoms with E-state index in [9.17, 15) is 14.4 Å². The van der Waals surface area contributed by atoms with Crippen molar-refractivity contribution in [2.75, 3.05) is 20.7 Å². The summed E-state index contributed by atoms with van der Waals surface area (Å²) in [6.45, 7) is 6.85. The molecular weight excluding hydrogens is 552 g/mol. The van der Waals surface area contributed by atoms with E-state index in [1.54, 1.807) is 27.9 Å². The SMILES string of the molecule is COc1ccc2c3c1O[C@H]1C[C@H](OC(=O)[C@H](CC(=O)OCc4ccccc4)NC(=O)OC(C)(C)C)C=C[C@@]31CCN(C)C2. The molecule has 0 fully saturated rings. The van der Waals surface area contributed by atoms with E-state index in [0.29, 0.717) is 12.2 Å². The van der Waals surface area contributed by atoms with Crippen LogP contribution in [0.4, 0.5) is 4.79 Å². The highest BCUT2D eigenvalue weighted by atomic mass is 16.6. The van der Waals surface area contributed by atoms with Crippen molar-refractivity contribution < 1.29 is 38.1 Å². The molecular formula is C33H40N2O8. The van der Waals surface area contributed by atoms with Gasteiger partial charge in [0.05, 0.1) is 18.9 Å². The third-order valence-electron chi connectivity index (χ3n) is 7.99. The number of amides is 1. The van der Waals surface area contributed by atoms with Gasteiger partial charge >= 0.3 is 18.0 Å². The number of ether oxygens (including phenoxy) is 5. The Bertz CT molecular complexity index is 1390. The van der Waals surface area contributed by atoms with Gasteiger partial charge in [0.1, 0.15) is 30.5 Å². The Morgan fingerprint density at radius 3 is 2.63 bits per heavy atom. The summed E-state index contributed by atoms with van der Waals surface area (Å²) in [5, 5.41) is 2.50. The molecule has 2 aromatic rings. The van der Waals surface area contributed by atoms with Crippen molar-refractivity contribution in [3.63, 3.8) is 0 Å². The van der Waals surface area contributed by atoms with Gasteiger partial charge in [0.2, 0.25) is 0 Å². The Labute approximate surface area is 252 Å². The summed E-state index contributed by atoms with van der Waals surface area (Å²) >= 11 is 0. The Balaban J connectivity index is 1.31. The molecule has 2 aliphatic heterocycles. The van der Waals surface area contributed by atoms with Crippen molar-refractivity contribution in [1.82, 2.24) is 10.2 Å². The molecule has 1 amide bonds. The topological polar surface area (TPSA) is 113 Å². The lowest BCUT2D eigenvalue weighted by molar-refractivity contribution is -0.156. The smallest absolute Gasteiger partial charge is 0.408 e. The van der Waals surface area contributed by atoms with E-state index < -0.39 is 42.2 Å². The third kappa shape index (κ3) is 6.80. The molecule has 10 heteroatoms. The predicted octanol–water partition coefficient (Wildman–Crippen LogP) is 4.43. The van der Waals surface area contributed by atoms with Crippen LogP contribution in [0.5, 0.6) is 11.5 Å². The molecule has 2 aromatic carbocycles. The molecule has 43 heavy (non-hydrogen) atoms. The first-order valence-electron chi connectivity index (χ1n) is 14.6. The second kappa shape index (κ2) is 12.3. The Morgan fingerprint density at radius 2 is 1.91 bits per heavy atom. The van der Waals surface area contributed by atoms with Crippen LogP contribution in [0.15, 0.2) is 54.6 Å². The molecule has 2 heterocycles. The average molecular weight is 593 g/mol.